The summed E-state index contributed by atoms with van der Waals surface area (Å²) in [6, 6.07) is 10.3. The van der Waals surface area contributed by atoms with Gasteiger partial charge in [-0.3, -0.25) is 4.79 Å². The number of aromatic hydroxyl groups is 1. The van der Waals surface area contributed by atoms with Crippen LogP contribution in [0.4, 0.5) is 0 Å². The molecule has 6 heteroatoms. The van der Waals surface area contributed by atoms with Crippen LogP contribution in [0.2, 0.25) is 0 Å². The molecule has 0 bridgehead atoms. The molecule has 0 aliphatic rings. The summed E-state index contributed by atoms with van der Waals surface area (Å²) < 4.78 is 5.70. The van der Waals surface area contributed by atoms with Crippen molar-refractivity contribution in [3.8, 4) is 27.8 Å². The third-order valence-electron chi connectivity index (χ3n) is 2.90. The lowest BCUT2D eigenvalue weighted by atomic mass is 10.2. The van der Waals surface area contributed by atoms with Gasteiger partial charge >= 0.3 is 5.97 Å². The molecule has 5 nitrogen and oxygen atoms in total. The Bertz CT molecular complexity index is 777. The predicted molar refractivity (Wildman–Crippen MR) is 78.3 cm³/mol. The van der Waals surface area contributed by atoms with Crippen molar-refractivity contribution in [2.75, 3.05) is 0 Å². The molecule has 0 fully saturated rings. The van der Waals surface area contributed by atoms with E-state index in [0.29, 0.717) is 17.0 Å². The van der Waals surface area contributed by atoms with Crippen LogP contribution in [0.25, 0.3) is 22.1 Å². The number of hydrogen-bond acceptors (Lipinski definition) is 5. The molecular formula is C15H11NO4S. The zero-order valence-electron chi connectivity index (χ0n) is 10.8. The summed E-state index contributed by atoms with van der Waals surface area (Å²) >= 11 is 1.44. The van der Waals surface area contributed by atoms with E-state index in [4.69, 9.17) is 9.52 Å². The minimum absolute atomic E-state index is 0.0401. The van der Waals surface area contributed by atoms with Crippen LogP contribution in [-0.2, 0) is 11.2 Å². The first-order valence-corrected chi connectivity index (χ1v) is 7.07. The number of oxazole rings is 1. The highest BCUT2D eigenvalue weighted by Gasteiger charge is 2.20. The average Bonchev–Trinajstić information content (AvgIpc) is 3.07. The Morgan fingerprint density at radius 2 is 2.05 bits per heavy atom. The van der Waals surface area contributed by atoms with E-state index in [-0.39, 0.29) is 18.1 Å². The fourth-order valence-corrected chi connectivity index (χ4v) is 2.71. The Kier molecular flexibility index (Phi) is 3.45. The number of aromatic nitrogens is 1. The molecule has 2 N–H and O–H groups in total. The van der Waals surface area contributed by atoms with Gasteiger partial charge < -0.3 is 14.6 Å². The van der Waals surface area contributed by atoms with E-state index < -0.39 is 5.97 Å². The number of phenols is 1. The van der Waals surface area contributed by atoms with Crippen molar-refractivity contribution in [1.82, 2.24) is 4.98 Å². The molecule has 0 aliphatic carbocycles. The lowest BCUT2D eigenvalue weighted by Crippen LogP contribution is -2.01. The summed E-state index contributed by atoms with van der Waals surface area (Å²) in [5.74, 6) is -0.290. The summed E-state index contributed by atoms with van der Waals surface area (Å²) in [5.41, 5.74) is 0.787. The monoisotopic (exact) mass is 301 g/mol. The highest BCUT2D eigenvalue weighted by molar-refractivity contribution is 7.13. The minimum Gasteiger partial charge on any atom is -0.507 e. The number of benzene rings is 1. The van der Waals surface area contributed by atoms with Crippen LogP contribution in [-0.4, -0.2) is 21.2 Å². The molecule has 0 spiro atoms. The van der Waals surface area contributed by atoms with Gasteiger partial charge in [0.25, 0.3) is 0 Å². The predicted octanol–water partition coefficient (Wildman–Crippen LogP) is 3.40. The molecule has 106 valence electrons. The second kappa shape index (κ2) is 5.41. The molecular weight excluding hydrogens is 290 g/mol. The zero-order valence-corrected chi connectivity index (χ0v) is 11.6. The van der Waals surface area contributed by atoms with Crippen LogP contribution in [0.1, 0.15) is 5.69 Å². The molecule has 3 aromatic rings. The van der Waals surface area contributed by atoms with E-state index in [1.165, 1.54) is 17.4 Å². The van der Waals surface area contributed by atoms with Crippen LogP contribution in [0, 0.1) is 0 Å². The van der Waals surface area contributed by atoms with E-state index in [0.717, 1.165) is 4.88 Å². The largest absolute Gasteiger partial charge is 0.507 e. The van der Waals surface area contributed by atoms with Crippen molar-refractivity contribution in [2.45, 2.75) is 6.42 Å². The van der Waals surface area contributed by atoms with Crippen LogP contribution in [0.3, 0.4) is 0 Å². The van der Waals surface area contributed by atoms with Crippen LogP contribution in [0.15, 0.2) is 46.2 Å². The van der Waals surface area contributed by atoms with Crippen molar-refractivity contribution in [2.24, 2.45) is 0 Å². The number of rotatable bonds is 4. The molecule has 1 aromatic carbocycles. The SMILES string of the molecule is O=C(O)Cc1nc(-c2ccccc2O)oc1-c1cccs1. The molecule has 0 aliphatic heterocycles. The van der Waals surface area contributed by atoms with Crippen LogP contribution < -0.4 is 0 Å². The van der Waals surface area contributed by atoms with Gasteiger partial charge in [0.1, 0.15) is 5.75 Å². The highest BCUT2D eigenvalue weighted by Crippen LogP contribution is 2.35. The second-order valence-corrected chi connectivity index (χ2v) is 5.31. The van der Waals surface area contributed by atoms with Gasteiger partial charge in [-0.2, -0.15) is 0 Å². The number of hydrogen-bond donors (Lipinski definition) is 2. The minimum atomic E-state index is -0.982. The van der Waals surface area contributed by atoms with Gasteiger partial charge in [-0.15, -0.1) is 11.3 Å². The van der Waals surface area contributed by atoms with Crippen molar-refractivity contribution in [1.29, 1.82) is 0 Å². The van der Waals surface area contributed by atoms with Gasteiger partial charge in [-0.1, -0.05) is 18.2 Å². The smallest absolute Gasteiger partial charge is 0.309 e. The van der Waals surface area contributed by atoms with Gasteiger partial charge in [0, 0.05) is 0 Å². The molecule has 2 aromatic heterocycles. The summed E-state index contributed by atoms with van der Waals surface area (Å²) in [6.07, 6.45) is -0.232. The lowest BCUT2D eigenvalue weighted by Gasteiger charge is -1.98. The van der Waals surface area contributed by atoms with E-state index in [1.54, 1.807) is 18.2 Å². The van der Waals surface area contributed by atoms with E-state index in [9.17, 15) is 9.90 Å². The number of nitrogens with zero attached hydrogens (tertiary/aromatic N) is 1. The first-order chi connectivity index (χ1) is 10.1. The normalized spacial score (nSPS) is 10.7. The van der Waals surface area contributed by atoms with Gasteiger partial charge in [0.05, 0.1) is 22.6 Å². The molecule has 0 amide bonds. The number of phenolic OH excluding ortho intramolecular Hbond substituents is 1. The van der Waals surface area contributed by atoms with Crippen molar-refractivity contribution in [3.63, 3.8) is 0 Å². The first kappa shape index (κ1) is 13.4. The Morgan fingerprint density at radius 3 is 2.71 bits per heavy atom. The number of para-hydroxylation sites is 1. The molecule has 0 saturated heterocycles. The lowest BCUT2D eigenvalue weighted by molar-refractivity contribution is -0.136. The van der Waals surface area contributed by atoms with Crippen molar-refractivity contribution >= 4 is 17.3 Å². The molecule has 0 unspecified atom stereocenters. The van der Waals surface area contributed by atoms with E-state index in [2.05, 4.69) is 4.98 Å². The van der Waals surface area contributed by atoms with Crippen LogP contribution >= 0.6 is 11.3 Å². The van der Waals surface area contributed by atoms with Gasteiger partial charge in [0.15, 0.2) is 5.76 Å². The molecule has 21 heavy (non-hydrogen) atoms. The number of carbonyl (C=O) groups is 1. The van der Waals surface area contributed by atoms with E-state index >= 15 is 0 Å². The number of carboxylic acid groups (broad SMARTS) is 1. The Hall–Kier alpha value is -2.60. The summed E-state index contributed by atoms with van der Waals surface area (Å²) in [7, 11) is 0. The second-order valence-electron chi connectivity index (χ2n) is 4.36. The Morgan fingerprint density at radius 1 is 1.24 bits per heavy atom. The topological polar surface area (TPSA) is 83.6 Å². The van der Waals surface area contributed by atoms with Crippen LogP contribution in [0.5, 0.6) is 5.75 Å². The third kappa shape index (κ3) is 2.66. The number of thiophene rings is 1. The highest BCUT2D eigenvalue weighted by atomic mass is 32.1. The summed E-state index contributed by atoms with van der Waals surface area (Å²) in [5, 5.41) is 20.7. The molecule has 0 atom stereocenters. The first-order valence-electron chi connectivity index (χ1n) is 6.19. The quantitative estimate of drug-likeness (QED) is 0.771. The fourth-order valence-electron chi connectivity index (χ4n) is 1.98. The summed E-state index contributed by atoms with van der Waals surface area (Å²) in [6.45, 7) is 0. The molecule has 0 radical (unpaired) electrons. The molecule has 2 heterocycles. The van der Waals surface area contributed by atoms with Gasteiger partial charge in [0.2, 0.25) is 5.89 Å². The summed E-state index contributed by atoms with van der Waals surface area (Å²) in [4.78, 5) is 16.0. The zero-order chi connectivity index (χ0) is 14.8. The molecule has 0 saturated carbocycles. The van der Waals surface area contributed by atoms with Gasteiger partial charge in [-0.05, 0) is 23.6 Å². The Labute approximate surface area is 124 Å². The van der Waals surface area contributed by atoms with E-state index in [1.807, 2.05) is 17.5 Å². The standard InChI is InChI=1S/C15H11NO4S/c17-11-5-2-1-4-9(11)15-16-10(8-13(18)19)14(20-15)12-6-3-7-21-12/h1-7,17H,8H2,(H,18,19). The third-order valence-corrected chi connectivity index (χ3v) is 3.76. The maximum Gasteiger partial charge on any atom is 0.309 e. The molecule has 3 rings (SSSR count). The maximum absolute atomic E-state index is 11.0. The Balaban J connectivity index is 2.12. The number of aliphatic carboxylic acids is 1. The maximum atomic E-state index is 11.0. The van der Waals surface area contributed by atoms with Gasteiger partial charge in [-0.25, -0.2) is 4.98 Å². The fraction of sp³-hybridized carbons (Fsp3) is 0.0667. The average molecular weight is 301 g/mol. The number of carboxylic acids is 1. The van der Waals surface area contributed by atoms with Crippen molar-refractivity contribution in [3.05, 3.63) is 47.5 Å². The van der Waals surface area contributed by atoms with Crippen molar-refractivity contribution < 1.29 is 19.4 Å².